The van der Waals surface area contributed by atoms with Crippen molar-refractivity contribution in [3.63, 3.8) is 0 Å². The van der Waals surface area contributed by atoms with Gasteiger partial charge in [0.25, 0.3) is 0 Å². The van der Waals surface area contributed by atoms with Gasteiger partial charge in [0.1, 0.15) is 96.6 Å². The summed E-state index contributed by atoms with van der Waals surface area (Å²) in [7, 11) is 0. The number of rotatable bonds is 66. The summed E-state index contributed by atoms with van der Waals surface area (Å²) in [5.74, 6) is -20.4. The number of carbonyl (C=O) groups is 19. The van der Waals surface area contributed by atoms with Crippen LogP contribution in [0.25, 0.3) is 10.9 Å². The van der Waals surface area contributed by atoms with Crippen molar-refractivity contribution in [2.75, 3.05) is 51.2 Å². The van der Waals surface area contributed by atoms with Gasteiger partial charge in [-0.1, -0.05) is 73.1 Å². The number of guanidine groups is 1. The molecule has 147 heavy (non-hydrogen) atoms. The molecule has 0 saturated carbocycles. The number of hydrogen-bond donors (Lipinski definition) is 27. The van der Waals surface area contributed by atoms with Gasteiger partial charge in [-0.15, -0.1) is 0 Å². The number of esters is 1. The molecule has 0 aliphatic carbocycles. The number of aliphatic carboxylic acids is 1. The number of aromatic nitrogens is 3. The Morgan fingerprint density at radius 1 is 0.469 bits per heavy atom. The number of nitrogens with one attached hydrogen (secondary N) is 18. The Kier molecular flexibility index (Phi) is 50.7. The van der Waals surface area contributed by atoms with Crippen LogP contribution in [-0.2, 0) is 122 Å². The number of anilines is 1. The lowest BCUT2D eigenvalue weighted by Gasteiger charge is -2.27. The molecule has 2 heterocycles. The average Bonchev–Trinajstić information content (AvgIpc) is 1.15. The van der Waals surface area contributed by atoms with E-state index in [1.807, 2.05) is 25.1 Å². The second kappa shape index (κ2) is 62.1. The molecule has 6 rings (SSSR count). The first-order valence-electron chi connectivity index (χ1n) is 47.9. The maximum absolute atomic E-state index is 14.6. The number of aromatic amines is 1. The second-order valence-electron chi connectivity index (χ2n) is 35.2. The van der Waals surface area contributed by atoms with E-state index < -0.39 is 242 Å². The first-order valence-corrected chi connectivity index (χ1v) is 48.2. The Bertz CT molecular complexity index is 5480. The molecular weight excluding hydrogens is 1930 g/mol. The van der Waals surface area contributed by atoms with Gasteiger partial charge in [-0.2, -0.15) is 0 Å². The van der Waals surface area contributed by atoms with E-state index in [4.69, 9.17) is 56.1 Å². The van der Waals surface area contributed by atoms with Crippen LogP contribution in [0.15, 0.2) is 122 Å². The molecule has 0 spiro atoms. The van der Waals surface area contributed by atoms with Gasteiger partial charge in [0, 0.05) is 98.3 Å². The molecule has 1 unspecified atom stereocenters. The van der Waals surface area contributed by atoms with Crippen molar-refractivity contribution in [3.8, 4) is 11.5 Å². The number of fused-ring (bicyclic) bond motifs is 1. The van der Waals surface area contributed by atoms with Crippen molar-refractivity contribution in [2.24, 2.45) is 34.4 Å². The van der Waals surface area contributed by atoms with E-state index in [0.717, 1.165) is 29.4 Å². The van der Waals surface area contributed by atoms with Gasteiger partial charge in [0.15, 0.2) is 5.96 Å². The van der Waals surface area contributed by atoms with Crippen LogP contribution in [0.3, 0.4) is 0 Å². The fourth-order valence-electron chi connectivity index (χ4n) is 14.8. The number of aromatic hydroxyl groups is 2. The van der Waals surface area contributed by atoms with E-state index in [0.29, 0.717) is 43.1 Å². The number of phenolic OH excluding ortho intramolecular Hbond substituents is 2. The van der Waals surface area contributed by atoms with Crippen LogP contribution in [0.5, 0.6) is 11.5 Å². The van der Waals surface area contributed by atoms with Crippen LogP contribution < -0.4 is 119 Å². The largest absolute Gasteiger partial charge is 0.508 e. The molecule has 0 aliphatic heterocycles. The third kappa shape index (κ3) is 44.2. The van der Waals surface area contributed by atoms with Crippen molar-refractivity contribution in [2.45, 2.75) is 248 Å². The lowest BCUT2D eigenvalue weighted by Crippen LogP contribution is -2.60. The number of imidazole rings is 1. The molecule has 2 aromatic heterocycles. The number of nitrogens with zero attached hydrogens (tertiary/aromatic N) is 3. The van der Waals surface area contributed by atoms with Crippen LogP contribution in [0.4, 0.5) is 5.69 Å². The first-order chi connectivity index (χ1) is 69.8. The third-order valence-corrected chi connectivity index (χ3v) is 23.4. The third-order valence-electron chi connectivity index (χ3n) is 23.2. The first kappa shape index (κ1) is 120. The summed E-state index contributed by atoms with van der Waals surface area (Å²) in [6.07, 6.45) is 1.83. The number of hydrogen-bond acceptors (Lipinski definition) is 29. The lowest BCUT2D eigenvalue weighted by atomic mass is 10.0. The van der Waals surface area contributed by atoms with Gasteiger partial charge < -0.3 is 149 Å². The fraction of sp³-hybridized carbons (Fsp3) is 0.479. The van der Waals surface area contributed by atoms with Crippen molar-refractivity contribution in [3.05, 3.63) is 149 Å². The number of benzene rings is 4. The van der Waals surface area contributed by atoms with Crippen molar-refractivity contribution in [1.82, 2.24) is 99.6 Å². The standard InChI is InChI=1S/C96H136ClN27O23/c1-7-124(40-14-15-52(2)110-66-36-39-106-71-46-60(97)24-29-64(66)71)41-42-147-81(132)35-32-67(82(102)133)116-93(144)73(43-57-16-9-8-10-17-57)120-85(136)55(5)112-84(135)54(4)114-92(143)75(47-61-49-105-51-109-61)115-79(129)50-108-88(139)72(44-58-20-25-62(125)26-21-58)122-91(142)70(31-34-78(101)128)119-95(146)76(48-80(130)131)123-94(145)74(45-59-22-27-63(126)28-23-59)121-86(137)56(6)111-83(134)53(3)113-89(140)69(19-13-38-107-96(103)104)118-90(141)68(18-11-12-37-98)117-87(138)65(99)30-33-77(100)127/h8-10,16-17,20-29,36,39,46,49,51-56,65,67-70,72-76,125-126H,7,11-15,18-19,30-35,37-38,40-45,47-48,50,98-99H2,1-6H3,(H2,100,127)(H2,101,128)(H2,102,133)(H,105,109)(H,106,110)(H,108,139)(H,111,134)(H,112,135)(H,113,140)(H,114,143)(H,115,129)(H,116,144)(H,117,138)(H,118,141)(H,119,146)(H,120,136)(H,121,137)(H,122,142)(H,123,145)(H,130,131)(H4,103,104,107)/t52?,53-,54-,55-,56-,65-,67-,68-,69-,70-,72-,73-,74-,75-,76-/m0/s1. The molecule has 0 radical (unpaired) electrons. The molecule has 0 aliphatic rings. The number of pyridine rings is 1. The van der Waals surface area contributed by atoms with E-state index >= 15 is 0 Å². The molecule has 33 N–H and O–H groups in total. The number of carbonyl (C=O) groups excluding carboxylic acids is 18. The fourth-order valence-corrected chi connectivity index (χ4v) is 15.0. The molecule has 0 saturated heterocycles. The smallest absolute Gasteiger partial charge is 0.305 e. The van der Waals surface area contributed by atoms with Gasteiger partial charge in [0.2, 0.25) is 100 Å². The zero-order valence-electron chi connectivity index (χ0n) is 82.6. The second-order valence-corrected chi connectivity index (χ2v) is 35.7. The van der Waals surface area contributed by atoms with Crippen LogP contribution in [-0.4, -0.2) is 290 Å². The van der Waals surface area contributed by atoms with Crippen molar-refractivity contribution >= 4 is 147 Å². The summed E-state index contributed by atoms with van der Waals surface area (Å²) in [6, 6.07) is 4.45. The highest BCUT2D eigenvalue weighted by Gasteiger charge is 2.38. The molecule has 0 fully saturated rings. The Morgan fingerprint density at radius 3 is 1.45 bits per heavy atom. The SMILES string of the molecule is CCN(CCCC(C)Nc1ccnc2cc(Cl)ccc12)CCOC(=O)CC[C@H](NC(=O)[C@H](Cc1ccccc1)NC(=O)[C@H](C)NC(=O)[C@H](C)NC(=O)[C@H](Cc1cnc[nH]1)NC(=O)CNC(=O)[C@H](Cc1ccc(O)cc1)NC(=O)[C@H](CCC(N)=O)NC(=O)[C@H](CC(=O)O)NC(=O)[C@H](Cc1ccc(O)cc1)NC(=O)[C@H](C)NC(=O)[C@H](C)NC(=O)[C@H](CCCNC(=N)N)NC(=O)[C@H](CCCCN)NC(=O)[C@@H](N)CCC(N)=O)C(N)=O. The molecule has 51 heteroatoms. The minimum Gasteiger partial charge on any atom is -0.508 e. The summed E-state index contributed by atoms with van der Waals surface area (Å²) >= 11 is 6.18. The summed E-state index contributed by atoms with van der Waals surface area (Å²) in [4.78, 5) is 273. The molecule has 50 nitrogen and oxygen atoms in total. The summed E-state index contributed by atoms with van der Waals surface area (Å²) in [5.41, 5.74) is 36.7. The Morgan fingerprint density at radius 2 is 0.925 bits per heavy atom. The number of nitrogens with two attached hydrogens (primary N) is 6. The Hall–Kier alpha value is -15.7. The van der Waals surface area contributed by atoms with E-state index in [2.05, 4.69) is 112 Å². The summed E-state index contributed by atoms with van der Waals surface area (Å²) < 4.78 is 5.53. The topological polar surface area (TPSA) is 812 Å². The summed E-state index contributed by atoms with van der Waals surface area (Å²) in [6.45, 7) is 10.2. The van der Waals surface area contributed by atoms with E-state index in [1.54, 1.807) is 42.6 Å². The molecule has 800 valence electrons. The zero-order valence-corrected chi connectivity index (χ0v) is 83.3. The highest BCUT2D eigenvalue weighted by Crippen LogP contribution is 2.26. The Balaban J connectivity index is 1.08. The van der Waals surface area contributed by atoms with E-state index in [-0.39, 0.29) is 112 Å². The minimum absolute atomic E-state index is 0.0237. The van der Waals surface area contributed by atoms with E-state index in [1.165, 1.54) is 88.8 Å². The number of H-pyrrole nitrogens is 1. The highest BCUT2D eigenvalue weighted by atomic mass is 35.5. The maximum Gasteiger partial charge on any atom is 0.305 e. The number of amides is 17. The predicted molar refractivity (Wildman–Crippen MR) is 537 cm³/mol. The highest BCUT2D eigenvalue weighted by molar-refractivity contribution is 6.31. The molecule has 4 aromatic carbocycles. The van der Waals surface area contributed by atoms with Gasteiger partial charge in [0.05, 0.1) is 30.9 Å². The Labute approximate surface area is 852 Å². The monoisotopic (exact) mass is 2070 g/mol. The van der Waals surface area contributed by atoms with Gasteiger partial charge in [-0.3, -0.25) is 101 Å². The number of carboxylic acid groups (broad SMARTS) is 1. The lowest BCUT2D eigenvalue weighted by molar-refractivity contribution is -0.145. The van der Waals surface area contributed by atoms with Crippen molar-refractivity contribution in [1.29, 1.82) is 5.41 Å². The van der Waals surface area contributed by atoms with E-state index in [9.17, 15) is 106 Å². The zero-order chi connectivity index (χ0) is 109. The molecule has 0 bridgehead atoms. The normalized spacial score (nSPS) is 14.1. The number of phenols is 2. The van der Waals surface area contributed by atoms with Crippen LogP contribution in [0.1, 0.15) is 154 Å². The number of halogens is 1. The average molecular weight is 2070 g/mol. The van der Waals surface area contributed by atoms with Crippen LogP contribution in [0, 0.1) is 5.41 Å². The summed E-state index contributed by atoms with van der Waals surface area (Å²) in [5, 5.41) is 80.0. The number of primary amides is 3. The maximum atomic E-state index is 14.6. The van der Waals surface area contributed by atoms with Gasteiger partial charge >= 0.3 is 11.9 Å². The van der Waals surface area contributed by atoms with Crippen molar-refractivity contribution < 1.29 is 111 Å². The number of unbranched alkanes of at least 4 members (excludes halogenated alkanes) is 1. The molecular formula is C96H136ClN27O23. The number of likely N-dealkylation sites (N-methyl/N-ethyl adjacent to an activating group) is 1. The van der Waals surface area contributed by atoms with Crippen LogP contribution >= 0.6 is 11.6 Å². The quantitative estimate of drug-likeness (QED) is 0.00747. The number of carboxylic acids is 1. The molecule has 17 amide bonds. The minimum atomic E-state index is -2.15. The van der Waals surface area contributed by atoms with Gasteiger partial charge in [-0.25, -0.2) is 4.98 Å². The predicted octanol–water partition coefficient (Wildman–Crippen LogP) is -4.07. The van der Waals surface area contributed by atoms with Gasteiger partial charge in [-0.05, 0) is 184 Å². The molecule has 15 atom stereocenters. The number of ether oxygens (including phenoxy) is 1. The van der Waals surface area contributed by atoms with Crippen LogP contribution in [0.2, 0.25) is 5.02 Å². The molecule has 6 aromatic rings.